The molecule has 0 bridgehead atoms. The van der Waals surface area contributed by atoms with E-state index >= 15 is 0 Å². The lowest BCUT2D eigenvalue weighted by Gasteiger charge is -2.31. The first kappa shape index (κ1) is 11.0. The fourth-order valence-electron chi connectivity index (χ4n) is 1.31. The molecule has 14 heavy (non-hydrogen) atoms. The van der Waals surface area contributed by atoms with Crippen molar-refractivity contribution in [3.05, 3.63) is 12.3 Å². The Morgan fingerprint density at radius 3 is 2.71 bits per heavy atom. The summed E-state index contributed by atoms with van der Waals surface area (Å²) in [6.45, 7) is 1.47. The van der Waals surface area contributed by atoms with Gasteiger partial charge in [0.2, 0.25) is 0 Å². The van der Waals surface area contributed by atoms with Crippen LogP contribution in [0.1, 0.15) is 12.8 Å². The van der Waals surface area contributed by atoms with E-state index in [4.69, 9.17) is 9.84 Å². The summed E-state index contributed by atoms with van der Waals surface area (Å²) in [6, 6.07) is 0. The van der Waals surface area contributed by atoms with E-state index in [0.29, 0.717) is 32.6 Å². The zero-order valence-electron chi connectivity index (χ0n) is 7.90. The van der Waals surface area contributed by atoms with Crippen LogP contribution in [0.15, 0.2) is 12.3 Å². The molecule has 1 rings (SSSR count). The molecule has 0 unspecified atom stereocenters. The smallest absolute Gasteiger partial charge is 0.329 e. The van der Waals surface area contributed by atoms with Crippen LogP contribution in [0.2, 0.25) is 0 Å². The van der Waals surface area contributed by atoms with Crippen molar-refractivity contribution in [3.8, 4) is 0 Å². The number of hydrogen-bond donors (Lipinski definition) is 3. The molecule has 0 aromatic carbocycles. The fraction of sp³-hybridized carbons (Fsp3) is 0.667. The quantitative estimate of drug-likeness (QED) is 0.545. The highest BCUT2D eigenvalue weighted by atomic mass is 16.5. The minimum Gasteiger partial charge on any atom is -0.478 e. The second kappa shape index (κ2) is 4.97. The third-order valence-electron chi connectivity index (χ3n) is 2.20. The summed E-state index contributed by atoms with van der Waals surface area (Å²) in [7, 11) is 0. The Balaban J connectivity index is 2.25. The van der Waals surface area contributed by atoms with Crippen molar-refractivity contribution in [2.45, 2.75) is 18.4 Å². The van der Waals surface area contributed by atoms with Gasteiger partial charge in [0.15, 0.2) is 0 Å². The van der Waals surface area contributed by atoms with E-state index in [1.165, 1.54) is 6.20 Å². The normalized spacial score (nSPS) is 20.9. The van der Waals surface area contributed by atoms with Crippen LogP contribution in [0.3, 0.4) is 0 Å². The SMILES string of the molecule is O=C(O)/C=C/NCC1(O)CCOCC1. The highest BCUT2D eigenvalue weighted by Gasteiger charge is 2.28. The molecule has 0 saturated carbocycles. The zero-order chi connectivity index (χ0) is 10.4. The van der Waals surface area contributed by atoms with Crippen molar-refractivity contribution in [2.75, 3.05) is 19.8 Å². The number of aliphatic carboxylic acids is 1. The van der Waals surface area contributed by atoms with Crippen LogP contribution in [0.4, 0.5) is 0 Å². The Kier molecular flexibility index (Phi) is 3.91. The Bertz CT molecular complexity index is 221. The average molecular weight is 201 g/mol. The molecule has 0 aromatic heterocycles. The number of aliphatic hydroxyl groups is 1. The van der Waals surface area contributed by atoms with Crippen LogP contribution in [-0.4, -0.2) is 41.5 Å². The van der Waals surface area contributed by atoms with Gasteiger partial charge in [0.1, 0.15) is 0 Å². The van der Waals surface area contributed by atoms with Crippen LogP contribution < -0.4 is 5.32 Å². The molecule has 3 N–H and O–H groups in total. The molecule has 5 nitrogen and oxygen atoms in total. The molecule has 0 radical (unpaired) electrons. The minimum absolute atomic E-state index is 0.361. The van der Waals surface area contributed by atoms with Crippen LogP contribution in [0.25, 0.3) is 0 Å². The van der Waals surface area contributed by atoms with Crippen molar-refractivity contribution in [2.24, 2.45) is 0 Å². The van der Waals surface area contributed by atoms with Crippen molar-refractivity contribution in [1.82, 2.24) is 5.32 Å². The Hall–Kier alpha value is -1.07. The zero-order valence-corrected chi connectivity index (χ0v) is 7.90. The third-order valence-corrected chi connectivity index (χ3v) is 2.20. The lowest BCUT2D eigenvalue weighted by atomic mass is 9.94. The molecule has 5 heteroatoms. The molecule has 1 fully saturated rings. The van der Waals surface area contributed by atoms with Gasteiger partial charge in [-0.25, -0.2) is 4.79 Å². The van der Waals surface area contributed by atoms with Crippen LogP contribution in [-0.2, 0) is 9.53 Å². The van der Waals surface area contributed by atoms with Crippen LogP contribution >= 0.6 is 0 Å². The standard InChI is InChI=1S/C9H15NO4/c11-8(12)1-4-10-7-9(13)2-5-14-6-3-9/h1,4,10,13H,2-3,5-7H2,(H,11,12)/b4-1+. The first-order valence-corrected chi connectivity index (χ1v) is 4.55. The van der Waals surface area contributed by atoms with Crippen molar-refractivity contribution in [1.29, 1.82) is 0 Å². The highest BCUT2D eigenvalue weighted by molar-refractivity contribution is 5.79. The van der Waals surface area contributed by atoms with Crippen molar-refractivity contribution in [3.63, 3.8) is 0 Å². The molecular formula is C9H15NO4. The lowest BCUT2D eigenvalue weighted by Crippen LogP contribution is -2.43. The van der Waals surface area contributed by atoms with Gasteiger partial charge in [-0.1, -0.05) is 0 Å². The second-order valence-electron chi connectivity index (χ2n) is 3.39. The lowest BCUT2D eigenvalue weighted by molar-refractivity contribution is -0.131. The molecule has 0 spiro atoms. The molecule has 0 aromatic rings. The Labute approximate surface area is 82.4 Å². The van der Waals surface area contributed by atoms with E-state index in [0.717, 1.165) is 6.08 Å². The molecule has 0 aliphatic carbocycles. The molecular weight excluding hydrogens is 186 g/mol. The average Bonchev–Trinajstić information content (AvgIpc) is 2.14. The fourth-order valence-corrected chi connectivity index (χ4v) is 1.31. The van der Waals surface area contributed by atoms with Gasteiger partial charge < -0.3 is 20.3 Å². The molecule has 1 saturated heterocycles. The van der Waals surface area contributed by atoms with Crippen LogP contribution in [0, 0.1) is 0 Å². The Morgan fingerprint density at radius 2 is 2.14 bits per heavy atom. The summed E-state index contributed by atoms with van der Waals surface area (Å²) < 4.78 is 5.11. The second-order valence-corrected chi connectivity index (χ2v) is 3.39. The van der Waals surface area contributed by atoms with E-state index in [1.807, 2.05) is 0 Å². The topological polar surface area (TPSA) is 78.8 Å². The molecule has 1 aliphatic rings. The summed E-state index contributed by atoms with van der Waals surface area (Å²) in [5.74, 6) is -1.00. The van der Waals surface area contributed by atoms with Gasteiger partial charge >= 0.3 is 5.97 Å². The van der Waals surface area contributed by atoms with Gasteiger partial charge in [-0.05, 0) is 0 Å². The van der Waals surface area contributed by atoms with Crippen molar-refractivity contribution < 1.29 is 19.7 Å². The third kappa shape index (κ3) is 3.76. The summed E-state index contributed by atoms with van der Waals surface area (Å²) >= 11 is 0. The van der Waals surface area contributed by atoms with Gasteiger partial charge in [-0.3, -0.25) is 0 Å². The monoisotopic (exact) mass is 201 g/mol. The number of ether oxygens (including phenoxy) is 1. The maximum absolute atomic E-state index is 10.1. The molecule has 1 aliphatic heterocycles. The van der Waals surface area contributed by atoms with E-state index in [9.17, 15) is 9.90 Å². The summed E-state index contributed by atoms with van der Waals surface area (Å²) in [5.41, 5.74) is -0.763. The first-order chi connectivity index (χ1) is 6.62. The van der Waals surface area contributed by atoms with Gasteiger partial charge in [-0.2, -0.15) is 0 Å². The van der Waals surface area contributed by atoms with Gasteiger partial charge in [0.05, 0.1) is 5.60 Å². The molecule has 1 heterocycles. The van der Waals surface area contributed by atoms with E-state index in [-0.39, 0.29) is 0 Å². The molecule has 0 atom stereocenters. The summed E-state index contributed by atoms with van der Waals surface area (Å²) in [6.07, 6.45) is 3.50. The number of carboxylic acid groups (broad SMARTS) is 1. The predicted molar refractivity (Wildman–Crippen MR) is 49.8 cm³/mol. The molecule has 0 amide bonds. The summed E-state index contributed by atoms with van der Waals surface area (Å²) in [4.78, 5) is 10.1. The maximum atomic E-state index is 10.1. The Morgan fingerprint density at radius 1 is 1.50 bits per heavy atom. The minimum atomic E-state index is -1.00. The van der Waals surface area contributed by atoms with Crippen LogP contribution in [0.5, 0.6) is 0 Å². The van der Waals surface area contributed by atoms with Crippen molar-refractivity contribution >= 4 is 5.97 Å². The number of hydrogen-bond acceptors (Lipinski definition) is 4. The number of nitrogens with one attached hydrogen (secondary N) is 1. The van der Waals surface area contributed by atoms with Gasteiger partial charge in [0.25, 0.3) is 0 Å². The van der Waals surface area contributed by atoms with Gasteiger partial charge in [0, 0.05) is 44.9 Å². The largest absolute Gasteiger partial charge is 0.478 e. The number of carbonyl (C=O) groups is 1. The predicted octanol–water partition coefficient (Wildman–Crippen LogP) is -0.284. The van der Waals surface area contributed by atoms with E-state index < -0.39 is 11.6 Å². The number of rotatable bonds is 4. The van der Waals surface area contributed by atoms with E-state index in [1.54, 1.807) is 0 Å². The first-order valence-electron chi connectivity index (χ1n) is 4.55. The maximum Gasteiger partial charge on any atom is 0.329 e. The van der Waals surface area contributed by atoms with E-state index in [2.05, 4.69) is 5.32 Å². The summed E-state index contributed by atoms with van der Waals surface area (Å²) in [5, 5.41) is 21.0. The number of carboxylic acids is 1. The molecule has 80 valence electrons. The van der Waals surface area contributed by atoms with Gasteiger partial charge in [-0.15, -0.1) is 0 Å². The highest BCUT2D eigenvalue weighted by Crippen LogP contribution is 2.18.